The summed E-state index contributed by atoms with van der Waals surface area (Å²) in [5.74, 6) is 1.54. The molecule has 0 saturated carbocycles. The molecule has 6 nitrogen and oxygen atoms in total. The van der Waals surface area contributed by atoms with Gasteiger partial charge in [0.1, 0.15) is 0 Å². The van der Waals surface area contributed by atoms with Gasteiger partial charge in [-0.15, -0.1) is 0 Å². The predicted octanol–water partition coefficient (Wildman–Crippen LogP) is 2.95. The first-order chi connectivity index (χ1) is 13.5. The molecule has 0 bridgehead atoms. The fourth-order valence-electron chi connectivity index (χ4n) is 3.38. The molecule has 1 fully saturated rings. The Morgan fingerprint density at radius 3 is 2.54 bits per heavy atom. The number of aliphatic imine (C=N–C) groups is 1. The van der Waals surface area contributed by atoms with Crippen LogP contribution in [0.25, 0.3) is 0 Å². The van der Waals surface area contributed by atoms with Crippen molar-refractivity contribution in [2.75, 3.05) is 39.1 Å². The molecule has 158 valence electrons. The van der Waals surface area contributed by atoms with Crippen molar-refractivity contribution in [3.05, 3.63) is 30.3 Å². The number of guanidine groups is 1. The maximum Gasteiger partial charge on any atom is 0.193 e. The van der Waals surface area contributed by atoms with Gasteiger partial charge in [-0.3, -0.25) is 4.99 Å². The average molecular weight is 410 g/mol. The highest BCUT2D eigenvalue weighted by atomic mass is 32.2. The molecule has 2 rings (SSSR count). The third-order valence-corrected chi connectivity index (χ3v) is 7.06. The number of hydrogen-bond donors (Lipinski definition) is 1. The molecule has 1 N–H and O–H groups in total. The Bertz CT molecular complexity index is 701. The molecule has 1 aliphatic heterocycles. The second-order valence-corrected chi connectivity index (χ2v) is 9.44. The van der Waals surface area contributed by atoms with Crippen molar-refractivity contribution in [3.63, 3.8) is 0 Å². The zero-order valence-corrected chi connectivity index (χ0v) is 18.2. The van der Waals surface area contributed by atoms with Crippen molar-refractivity contribution in [2.45, 2.75) is 50.5 Å². The van der Waals surface area contributed by atoms with Crippen molar-refractivity contribution in [1.29, 1.82) is 0 Å². The number of ether oxygens (including phenoxy) is 1. The van der Waals surface area contributed by atoms with Gasteiger partial charge in [-0.2, -0.15) is 0 Å². The van der Waals surface area contributed by atoms with Crippen LogP contribution in [0.15, 0.2) is 40.2 Å². The molecule has 0 radical (unpaired) electrons. The Hall–Kier alpha value is -1.60. The van der Waals surface area contributed by atoms with Crippen LogP contribution in [-0.4, -0.2) is 64.4 Å². The normalized spacial score (nSPS) is 17.3. The smallest absolute Gasteiger partial charge is 0.193 e. The van der Waals surface area contributed by atoms with Gasteiger partial charge in [0.05, 0.1) is 10.6 Å². The largest absolute Gasteiger partial charge is 0.381 e. The summed E-state index contributed by atoms with van der Waals surface area (Å²) in [4.78, 5) is 7.08. The number of nitrogens with one attached hydrogen (secondary N) is 1. The van der Waals surface area contributed by atoms with Crippen LogP contribution in [-0.2, 0) is 14.6 Å². The SMILES string of the molecule is CCN=C(NC(CC)CS(=O)(=O)c1ccccc1)N(C)CCC1CCOCC1. The Morgan fingerprint density at radius 2 is 1.93 bits per heavy atom. The summed E-state index contributed by atoms with van der Waals surface area (Å²) in [6, 6.07) is 8.48. The van der Waals surface area contributed by atoms with Gasteiger partial charge in [0.2, 0.25) is 0 Å². The minimum Gasteiger partial charge on any atom is -0.381 e. The molecule has 1 aromatic rings. The van der Waals surface area contributed by atoms with Crippen LogP contribution < -0.4 is 5.32 Å². The molecule has 1 heterocycles. The summed E-state index contributed by atoms with van der Waals surface area (Å²) in [5.41, 5.74) is 0. The van der Waals surface area contributed by atoms with Gasteiger partial charge in [-0.1, -0.05) is 25.1 Å². The van der Waals surface area contributed by atoms with E-state index in [1.54, 1.807) is 24.3 Å². The van der Waals surface area contributed by atoms with Crippen LogP contribution in [0, 0.1) is 5.92 Å². The van der Waals surface area contributed by atoms with E-state index in [1.807, 2.05) is 27.0 Å². The van der Waals surface area contributed by atoms with Gasteiger partial charge in [0, 0.05) is 39.4 Å². The van der Waals surface area contributed by atoms with Gasteiger partial charge in [-0.05, 0) is 50.7 Å². The monoisotopic (exact) mass is 409 g/mol. The van der Waals surface area contributed by atoms with Crippen molar-refractivity contribution < 1.29 is 13.2 Å². The van der Waals surface area contributed by atoms with Crippen molar-refractivity contribution >= 4 is 15.8 Å². The van der Waals surface area contributed by atoms with Crippen molar-refractivity contribution in [3.8, 4) is 0 Å². The molecule has 1 unspecified atom stereocenters. The molecule has 7 heteroatoms. The third-order valence-electron chi connectivity index (χ3n) is 5.23. The van der Waals surface area contributed by atoms with E-state index in [0.29, 0.717) is 23.8 Å². The molecule has 1 aliphatic rings. The molecule has 1 saturated heterocycles. The van der Waals surface area contributed by atoms with Crippen LogP contribution in [0.5, 0.6) is 0 Å². The number of hydrogen-bond acceptors (Lipinski definition) is 4. The van der Waals surface area contributed by atoms with E-state index in [-0.39, 0.29) is 11.8 Å². The standard InChI is InChI=1S/C21H35N3O3S/c1-4-19(17-28(25,26)20-9-7-6-8-10-20)23-21(22-5-2)24(3)14-11-18-12-15-27-16-13-18/h6-10,18-19H,4-5,11-17H2,1-3H3,(H,22,23). The zero-order valence-electron chi connectivity index (χ0n) is 17.4. The number of benzene rings is 1. The van der Waals surface area contributed by atoms with Gasteiger partial charge >= 0.3 is 0 Å². The van der Waals surface area contributed by atoms with Crippen LogP contribution >= 0.6 is 0 Å². The van der Waals surface area contributed by atoms with Gasteiger partial charge < -0.3 is 15.0 Å². The van der Waals surface area contributed by atoms with Crippen LogP contribution in [0.4, 0.5) is 0 Å². The Balaban J connectivity index is 1.97. The summed E-state index contributed by atoms with van der Waals surface area (Å²) >= 11 is 0. The van der Waals surface area contributed by atoms with E-state index in [9.17, 15) is 8.42 Å². The first-order valence-corrected chi connectivity index (χ1v) is 12.0. The lowest BCUT2D eigenvalue weighted by Crippen LogP contribution is -2.47. The van der Waals surface area contributed by atoms with E-state index >= 15 is 0 Å². The van der Waals surface area contributed by atoms with Crippen LogP contribution in [0.3, 0.4) is 0 Å². The Kier molecular flexibility index (Phi) is 9.25. The highest BCUT2D eigenvalue weighted by Crippen LogP contribution is 2.18. The quantitative estimate of drug-likeness (QED) is 0.502. The summed E-state index contributed by atoms with van der Waals surface area (Å²) in [5, 5.41) is 3.39. The molecule has 0 amide bonds. The van der Waals surface area contributed by atoms with E-state index in [1.165, 1.54) is 0 Å². The topological polar surface area (TPSA) is 71.0 Å². The summed E-state index contributed by atoms with van der Waals surface area (Å²) in [6.45, 7) is 7.28. The lowest BCUT2D eigenvalue weighted by Gasteiger charge is -2.29. The Labute approximate surface area is 170 Å². The molecule has 1 aromatic carbocycles. The molecule has 28 heavy (non-hydrogen) atoms. The molecular weight excluding hydrogens is 374 g/mol. The maximum absolute atomic E-state index is 12.7. The molecule has 0 aromatic heterocycles. The van der Waals surface area contributed by atoms with Crippen molar-refractivity contribution in [2.24, 2.45) is 10.9 Å². The van der Waals surface area contributed by atoms with E-state index in [0.717, 1.165) is 45.0 Å². The fourth-order valence-corrected chi connectivity index (χ4v) is 4.99. The molecule has 1 atom stereocenters. The van der Waals surface area contributed by atoms with Crippen LogP contribution in [0.1, 0.15) is 39.5 Å². The van der Waals surface area contributed by atoms with E-state index < -0.39 is 9.84 Å². The summed E-state index contributed by atoms with van der Waals surface area (Å²) in [6.07, 6.45) is 4.05. The lowest BCUT2D eigenvalue weighted by atomic mass is 9.96. The summed E-state index contributed by atoms with van der Waals surface area (Å²) < 4.78 is 30.9. The minimum atomic E-state index is -3.34. The van der Waals surface area contributed by atoms with Gasteiger partial charge in [-0.25, -0.2) is 8.42 Å². The number of nitrogens with zero attached hydrogens (tertiary/aromatic N) is 2. The predicted molar refractivity (Wildman–Crippen MR) is 114 cm³/mol. The van der Waals surface area contributed by atoms with E-state index in [4.69, 9.17) is 4.74 Å². The molecular formula is C21H35N3O3S. The minimum absolute atomic E-state index is 0.0596. The maximum atomic E-state index is 12.7. The first kappa shape index (κ1) is 22.7. The summed E-state index contributed by atoms with van der Waals surface area (Å²) in [7, 11) is -1.31. The lowest BCUT2D eigenvalue weighted by molar-refractivity contribution is 0.0625. The number of rotatable bonds is 9. The van der Waals surface area contributed by atoms with E-state index in [2.05, 4.69) is 15.2 Å². The highest BCUT2D eigenvalue weighted by Gasteiger charge is 2.22. The second kappa shape index (κ2) is 11.4. The highest BCUT2D eigenvalue weighted by molar-refractivity contribution is 7.91. The molecule has 0 spiro atoms. The third kappa shape index (κ3) is 7.09. The second-order valence-electron chi connectivity index (χ2n) is 7.41. The zero-order chi connectivity index (χ0) is 20.4. The Morgan fingerprint density at radius 1 is 1.25 bits per heavy atom. The fraction of sp³-hybridized carbons (Fsp3) is 0.667. The van der Waals surface area contributed by atoms with Gasteiger partial charge in [0.25, 0.3) is 0 Å². The van der Waals surface area contributed by atoms with Crippen molar-refractivity contribution in [1.82, 2.24) is 10.2 Å². The van der Waals surface area contributed by atoms with Gasteiger partial charge in [0.15, 0.2) is 15.8 Å². The number of sulfone groups is 1. The molecule has 0 aliphatic carbocycles. The van der Waals surface area contributed by atoms with Crippen LogP contribution in [0.2, 0.25) is 0 Å². The average Bonchev–Trinajstić information content (AvgIpc) is 2.72. The first-order valence-electron chi connectivity index (χ1n) is 10.3.